The maximum Gasteiger partial charge on any atom is 0.323 e. The lowest BCUT2D eigenvalue weighted by molar-refractivity contribution is -0.0772. The summed E-state index contributed by atoms with van der Waals surface area (Å²) in [5.41, 5.74) is 0.718. The van der Waals surface area contributed by atoms with E-state index < -0.39 is 10.5 Å². The van der Waals surface area contributed by atoms with Crippen molar-refractivity contribution in [3.8, 4) is 11.5 Å². The zero-order chi connectivity index (χ0) is 19.3. The van der Waals surface area contributed by atoms with Gasteiger partial charge in [-0.25, -0.2) is 5.06 Å². The third kappa shape index (κ3) is 5.04. The minimum absolute atomic E-state index is 0.312. The summed E-state index contributed by atoms with van der Waals surface area (Å²) >= 11 is 0.526. The van der Waals surface area contributed by atoms with Crippen LogP contribution in [0, 0.1) is 0 Å². The van der Waals surface area contributed by atoms with Crippen molar-refractivity contribution in [3.05, 3.63) is 23.8 Å². The molecule has 0 spiro atoms. The lowest BCUT2D eigenvalue weighted by Gasteiger charge is -2.22. The number of hydrogen-bond donors (Lipinski definition) is 0. The number of rotatable bonds is 6. The van der Waals surface area contributed by atoms with E-state index in [0.29, 0.717) is 29.8 Å². The predicted octanol–water partition coefficient (Wildman–Crippen LogP) is 4.26. The molecule has 8 heteroatoms. The summed E-state index contributed by atoms with van der Waals surface area (Å²) in [7, 11) is 2.87. The highest BCUT2D eigenvalue weighted by molar-refractivity contribution is 8.25. The molecule has 0 atom stereocenters. The second-order valence-corrected chi connectivity index (χ2v) is 7.55. The quantitative estimate of drug-likeness (QED) is 0.685. The highest BCUT2D eigenvalue weighted by Crippen LogP contribution is 2.42. The molecule has 0 fully saturated rings. The Morgan fingerprint density at radius 1 is 1.31 bits per heavy atom. The van der Waals surface area contributed by atoms with Gasteiger partial charge >= 0.3 is 10.5 Å². The van der Waals surface area contributed by atoms with Crippen LogP contribution in [0.1, 0.15) is 39.2 Å². The van der Waals surface area contributed by atoms with Gasteiger partial charge in [0.05, 0.1) is 7.11 Å². The van der Waals surface area contributed by atoms with Gasteiger partial charge in [-0.3, -0.25) is 14.4 Å². The van der Waals surface area contributed by atoms with Crippen molar-refractivity contribution in [2.75, 3.05) is 20.7 Å². The molecule has 1 aliphatic rings. The molecule has 1 aromatic carbocycles. The maximum absolute atomic E-state index is 12.3. The maximum atomic E-state index is 12.3. The Morgan fingerprint density at radius 3 is 2.69 bits per heavy atom. The summed E-state index contributed by atoms with van der Waals surface area (Å²) in [5, 5.41) is 1.19. The molecule has 0 radical (unpaired) electrons. The van der Waals surface area contributed by atoms with E-state index in [1.54, 1.807) is 6.07 Å². The van der Waals surface area contributed by atoms with Crippen LogP contribution in [-0.4, -0.2) is 46.9 Å². The highest BCUT2D eigenvalue weighted by Gasteiger charge is 2.33. The van der Waals surface area contributed by atoms with Crippen molar-refractivity contribution in [1.82, 2.24) is 10.1 Å². The van der Waals surface area contributed by atoms with Gasteiger partial charge in [-0.2, -0.15) is 5.06 Å². The van der Waals surface area contributed by atoms with Gasteiger partial charge in [-0.05, 0) is 26.3 Å². The van der Waals surface area contributed by atoms with Crippen molar-refractivity contribution >= 4 is 22.2 Å². The van der Waals surface area contributed by atoms with Gasteiger partial charge in [0.2, 0.25) is 0 Å². The average Bonchev–Trinajstić information content (AvgIpc) is 2.90. The third-order valence-corrected chi connectivity index (χ3v) is 4.67. The van der Waals surface area contributed by atoms with E-state index in [1.165, 1.54) is 19.2 Å². The number of benzene rings is 1. The number of hydroxylamine groups is 4. The minimum atomic E-state index is -0.539. The normalized spacial score (nSPS) is 14.3. The van der Waals surface area contributed by atoms with Crippen LogP contribution in [0.2, 0.25) is 0 Å². The van der Waals surface area contributed by atoms with Gasteiger partial charge in [0.25, 0.3) is 0 Å². The number of hydrogen-bond acceptors (Lipinski definition) is 6. The largest absolute Gasteiger partial charge is 0.483 e. The van der Waals surface area contributed by atoms with Crippen molar-refractivity contribution < 1.29 is 24.0 Å². The Morgan fingerprint density at radius 2 is 2.04 bits per heavy atom. The van der Waals surface area contributed by atoms with Gasteiger partial charge in [-0.15, -0.1) is 0 Å². The first kappa shape index (κ1) is 20.4. The van der Waals surface area contributed by atoms with E-state index in [-0.39, 0.29) is 5.60 Å². The SMILES string of the molecule is CCCCN(OC)C(=O)SC(=O)N(C)Oc1cccc2c1OC(C)(C)C2. The Bertz CT molecular complexity index is 665. The molecule has 26 heavy (non-hydrogen) atoms. The fourth-order valence-electron chi connectivity index (χ4n) is 2.59. The van der Waals surface area contributed by atoms with Gasteiger partial charge in [-0.1, -0.05) is 25.5 Å². The van der Waals surface area contributed by atoms with E-state index in [9.17, 15) is 9.59 Å². The Labute approximate surface area is 158 Å². The molecule has 0 bridgehead atoms. The van der Waals surface area contributed by atoms with Gasteiger partial charge in [0.15, 0.2) is 11.5 Å². The van der Waals surface area contributed by atoms with E-state index >= 15 is 0 Å². The molecule has 0 aromatic heterocycles. The molecular formula is C18H26N2O5S. The molecule has 7 nitrogen and oxygen atoms in total. The van der Waals surface area contributed by atoms with Crippen LogP contribution in [0.4, 0.5) is 9.59 Å². The number of unbranched alkanes of at least 4 members (excludes halogenated alkanes) is 1. The van der Waals surface area contributed by atoms with E-state index in [2.05, 4.69) is 0 Å². The van der Waals surface area contributed by atoms with E-state index in [4.69, 9.17) is 14.4 Å². The van der Waals surface area contributed by atoms with Gasteiger partial charge in [0, 0.05) is 37.3 Å². The lowest BCUT2D eigenvalue weighted by atomic mass is 10.0. The smallest absolute Gasteiger partial charge is 0.323 e. The molecule has 0 unspecified atom stereocenters. The average molecular weight is 382 g/mol. The van der Waals surface area contributed by atoms with Crippen LogP contribution in [0.15, 0.2) is 18.2 Å². The van der Waals surface area contributed by atoms with Crippen LogP contribution in [0.5, 0.6) is 11.5 Å². The molecule has 0 saturated heterocycles. The zero-order valence-electron chi connectivity index (χ0n) is 15.9. The predicted molar refractivity (Wildman–Crippen MR) is 100 cm³/mol. The van der Waals surface area contributed by atoms with Crippen LogP contribution in [0.25, 0.3) is 0 Å². The Balaban J connectivity index is 1.98. The molecule has 0 N–H and O–H groups in total. The number of carbonyl (C=O) groups excluding carboxylic acids is 2. The number of ether oxygens (including phenoxy) is 1. The summed E-state index contributed by atoms with van der Waals surface area (Å²) in [4.78, 5) is 35.1. The summed E-state index contributed by atoms with van der Waals surface area (Å²) in [6.45, 7) is 6.44. The molecule has 2 rings (SSSR count). The standard InChI is InChI=1S/C18H26N2O5S/c1-6-7-11-20(23-5)17(22)26-16(21)19(4)25-14-10-8-9-13-12-18(2,3)24-15(13)14/h8-10H,6-7,11-12H2,1-5H3. The fourth-order valence-corrected chi connectivity index (χ4v) is 3.18. The monoisotopic (exact) mass is 382 g/mol. The molecule has 1 aromatic rings. The van der Waals surface area contributed by atoms with Crippen molar-refractivity contribution in [2.24, 2.45) is 0 Å². The third-order valence-electron chi connectivity index (χ3n) is 3.86. The molecular weight excluding hydrogens is 356 g/mol. The molecule has 144 valence electrons. The second kappa shape index (κ2) is 8.64. The molecule has 1 aliphatic heterocycles. The fraction of sp³-hybridized carbons (Fsp3) is 0.556. The first-order chi connectivity index (χ1) is 12.3. The van der Waals surface area contributed by atoms with Crippen molar-refractivity contribution in [1.29, 1.82) is 0 Å². The minimum Gasteiger partial charge on any atom is -0.483 e. The number of fused-ring (bicyclic) bond motifs is 1. The summed E-state index contributed by atoms with van der Waals surface area (Å²) in [5.74, 6) is 1.08. The van der Waals surface area contributed by atoms with Crippen molar-refractivity contribution in [3.63, 3.8) is 0 Å². The number of nitrogens with zero attached hydrogens (tertiary/aromatic N) is 2. The Hall–Kier alpha value is -1.93. The van der Waals surface area contributed by atoms with E-state index in [0.717, 1.165) is 29.9 Å². The van der Waals surface area contributed by atoms with Crippen LogP contribution >= 0.6 is 11.8 Å². The topological polar surface area (TPSA) is 68.3 Å². The molecule has 2 amide bonds. The number of thioether (sulfide) groups is 1. The van der Waals surface area contributed by atoms with Crippen molar-refractivity contribution in [2.45, 2.75) is 45.6 Å². The first-order valence-corrected chi connectivity index (χ1v) is 9.39. The molecule has 0 aliphatic carbocycles. The van der Waals surface area contributed by atoms with Gasteiger partial charge < -0.3 is 9.57 Å². The lowest BCUT2D eigenvalue weighted by Crippen LogP contribution is -2.33. The number of amides is 2. The first-order valence-electron chi connectivity index (χ1n) is 8.57. The number of carbonyl (C=O) groups is 2. The van der Waals surface area contributed by atoms with Crippen LogP contribution in [-0.2, 0) is 11.3 Å². The van der Waals surface area contributed by atoms with Gasteiger partial charge in [0.1, 0.15) is 5.60 Å². The second-order valence-electron chi connectivity index (χ2n) is 6.64. The van der Waals surface area contributed by atoms with Crippen LogP contribution < -0.4 is 9.57 Å². The van der Waals surface area contributed by atoms with Crippen LogP contribution in [0.3, 0.4) is 0 Å². The highest BCUT2D eigenvalue weighted by atomic mass is 32.2. The summed E-state index contributed by atoms with van der Waals surface area (Å²) < 4.78 is 5.92. The van der Waals surface area contributed by atoms with E-state index in [1.807, 2.05) is 32.9 Å². The molecule has 0 saturated carbocycles. The number of para-hydroxylation sites is 1. The Kier molecular flexibility index (Phi) is 6.77. The molecule has 1 heterocycles. The summed E-state index contributed by atoms with van der Waals surface area (Å²) in [6, 6.07) is 5.56. The summed E-state index contributed by atoms with van der Waals surface area (Å²) in [6.07, 6.45) is 2.48. The zero-order valence-corrected chi connectivity index (χ0v) is 16.7.